The highest BCUT2D eigenvalue weighted by Gasteiger charge is 2.12. The maximum Gasteiger partial charge on any atom is 0.119 e. The first-order valence-corrected chi connectivity index (χ1v) is 6.26. The first kappa shape index (κ1) is 13.4. The largest absolute Gasteiger partial charge is 0.497 e. The van der Waals surface area contributed by atoms with Crippen molar-refractivity contribution in [1.82, 2.24) is 0 Å². The molecule has 0 aliphatic heterocycles. The van der Waals surface area contributed by atoms with Crippen LogP contribution >= 0.6 is 0 Å². The van der Waals surface area contributed by atoms with Crippen molar-refractivity contribution in [2.24, 2.45) is 0 Å². The average molecular weight is 258 g/mol. The molecule has 0 saturated heterocycles. The number of para-hydroxylation sites is 1. The number of hydrogen-bond acceptors (Lipinski definition) is 3. The molecule has 0 aliphatic carbocycles. The molecule has 2 rings (SSSR count). The predicted molar refractivity (Wildman–Crippen MR) is 74.8 cm³/mol. The van der Waals surface area contributed by atoms with Crippen LogP contribution in [0.1, 0.15) is 11.5 Å². The molecule has 0 saturated carbocycles. The van der Waals surface area contributed by atoms with Crippen LogP contribution in [0.2, 0.25) is 0 Å². The van der Waals surface area contributed by atoms with Crippen molar-refractivity contribution in [1.29, 1.82) is 0 Å². The van der Waals surface area contributed by atoms with Crippen LogP contribution in [0, 0.1) is 0 Å². The van der Waals surface area contributed by atoms with Crippen molar-refractivity contribution in [2.45, 2.75) is 5.92 Å². The van der Waals surface area contributed by atoms with Gasteiger partial charge in [0.05, 0.1) is 20.3 Å². The van der Waals surface area contributed by atoms with Gasteiger partial charge in [0.2, 0.25) is 0 Å². The Hall–Kier alpha value is -2.00. The summed E-state index contributed by atoms with van der Waals surface area (Å²) >= 11 is 0. The molecule has 3 nitrogen and oxygen atoms in total. The number of benzene rings is 2. The van der Waals surface area contributed by atoms with Crippen molar-refractivity contribution in [2.75, 3.05) is 20.3 Å². The smallest absolute Gasteiger partial charge is 0.119 e. The van der Waals surface area contributed by atoms with Gasteiger partial charge in [-0.2, -0.15) is 0 Å². The molecule has 1 unspecified atom stereocenters. The molecule has 0 aliphatic rings. The Morgan fingerprint density at radius 2 is 1.74 bits per heavy atom. The first-order chi connectivity index (χ1) is 9.33. The summed E-state index contributed by atoms with van der Waals surface area (Å²) in [5.41, 5.74) is 1.01. The summed E-state index contributed by atoms with van der Waals surface area (Å²) < 4.78 is 10.9. The molecule has 1 N–H and O–H groups in total. The summed E-state index contributed by atoms with van der Waals surface area (Å²) in [4.78, 5) is 0. The molecule has 3 heteroatoms. The predicted octanol–water partition coefficient (Wildman–Crippen LogP) is 2.85. The molecule has 0 bridgehead atoms. The maximum absolute atomic E-state index is 9.50. The van der Waals surface area contributed by atoms with Gasteiger partial charge in [0.15, 0.2) is 0 Å². The topological polar surface area (TPSA) is 38.7 Å². The van der Waals surface area contributed by atoms with Crippen molar-refractivity contribution >= 4 is 0 Å². The second-order valence-corrected chi connectivity index (χ2v) is 4.28. The van der Waals surface area contributed by atoms with E-state index in [0.29, 0.717) is 6.61 Å². The Kier molecular flexibility index (Phi) is 4.81. The van der Waals surface area contributed by atoms with Crippen LogP contribution in [0.25, 0.3) is 0 Å². The molecule has 19 heavy (non-hydrogen) atoms. The van der Waals surface area contributed by atoms with Gasteiger partial charge in [-0.05, 0) is 29.8 Å². The average Bonchev–Trinajstić information content (AvgIpc) is 2.49. The van der Waals surface area contributed by atoms with E-state index in [0.717, 1.165) is 17.1 Å². The Bertz CT molecular complexity index is 496. The van der Waals surface area contributed by atoms with Crippen molar-refractivity contribution in [3.05, 3.63) is 60.2 Å². The van der Waals surface area contributed by atoms with Crippen LogP contribution in [0.15, 0.2) is 54.6 Å². The van der Waals surface area contributed by atoms with Crippen molar-refractivity contribution in [3.63, 3.8) is 0 Å². The fourth-order valence-corrected chi connectivity index (χ4v) is 1.86. The van der Waals surface area contributed by atoms with Crippen LogP contribution in [-0.2, 0) is 0 Å². The molecule has 0 amide bonds. The highest BCUT2D eigenvalue weighted by molar-refractivity contribution is 5.31. The molecular weight excluding hydrogens is 240 g/mol. The lowest BCUT2D eigenvalue weighted by molar-refractivity contribution is 0.205. The van der Waals surface area contributed by atoms with E-state index in [1.54, 1.807) is 7.11 Å². The molecule has 0 fully saturated rings. The summed E-state index contributed by atoms with van der Waals surface area (Å²) in [7, 11) is 1.63. The van der Waals surface area contributed by atoms with Gasteiger partial charge >= 0.3 is 0 Å². The quantitative estimate of drug-likeness (QED) is 0.866. The molecule has 0 spiro atoms. The van der Waals surface area contributed by atoms with Gasteiger partial charge in [0.1, 0.15) is 11.5 Å². The van der Waals surface area contributed by atoms with E-state index in [2.05, 4.69) is 0 Å². The third-order valence-corrected chi connectivity index (χ3v) is 2.98. The SMILES string of the molecule is COc1cccc(C(CO)COc2ccccc2)c1. The van der Waals surface area contributed by atoms with E-state index in [9.17, 15) is 5.11 Å². The maximum atomic E-state index is 9.50. The van der Waals surface area contributed by atoms with E-state index in [4.69, 9.17) is 9.47 Å². The van der Waals surface area contributed by atoms with E-state index in [-0.39, 0.29) is 12.5 Å². The monoisotopic (exact) mass is 258 g/mol. The molecule has 2 aromatic rings. The van der Waals surface area contributed by atoms with Gasteiger partial charge in [-0.25, -0.2) is 0 Å². The van der Waals surface area contributed by atoms with Gasteiger partial charge in [-0.15, -0.1) is 0 Å². The normalized spacial score (nSPS) is 11.9. The van der Waals surface area contributed by atoms with Crippen molar-refractivity contribution < 1.29 is 14.6 Å². The lowest BCUT2D eigenvalue weighted by Crippen LogP contribution is -2.14. The zero-order chi connectivity index (χ0) is 13.5. The number of aliphatic hydroxyl groups excluding tert-OH is 1. The lowest BCUT2D eigenvalue weighted by Gasteiger charge is -2.16. The molecule has 0 heterocycles. The Morgan fingerprint density at radius 3 is 2.42 bits per heavy atom. The van der Waals surface area contributed by atoms with Gasteiger partial charge in [-0.1, -0.05) is 30.3 Å². The van der Waals surface area contributed by atoms with Crippen LogP contribution in [0.5, 0.6) is 11.5 Å². The second kappa shape index (κ2) is 6.81. The summed E-state index contributed by atoms with van der Waals surface area (Å²) in [5.74, 6) is 1.54. The number of hydrogen-bond donors (Lipinski definition) is 1. The van der Waals surface area contributed by atoms with Gasteiger partial charge in [0, 0.05) is 5.92 Å². The third kappa shape index (κ3) is 3.73. The molecule has 100 valence electrons. The first-order valence-electron chi connectivity index (χ1n) is 6.26. The number of methoxy groups -OCH3 is 1. The summed E-state index contributed by atoms with van der Waals surface area (Å²) in [5, 5.41) is 9.50. The Labute approximate surface area is 113 Å². The Balaban J connectivity index is 2.03. The van der Waals surface area contributed by atoms with Crippen LogP contribution in [0.4, 0.5) is 0 Å². The van der Waals surface area contributed by atoms with Crippen molar-refractivity contribution in [3.8, 4) is 11.5 Å². The van der Waals surface area contributed by atoms with E-state index >= 15 is 0 Å². The minimum atomic E-state index is -0.0599. The minimum Gasteiger partial charge on any atom is -0.497 e. The summed E-state index contributed by atoms with van der Waals surface area (Å²) in [6.45, 7) is 0.480. The molecule has 1 atom stereocenters. The van der Waals surface area contributed by atoms with E-state index in [1.165, 1.54) is 0 Å². The molecular formula is C16H18O3. The van der Waals surface area contributed by atoms with Crippen LogP contribution < -0.4 is 9.47 Å². The fourth-order valence-electron chi connectivity index (χ4n) is 1.86. The van der Waals surface area contributed by atoms with Crippen LogP contribution in [0.3, 0.4) is 0 Å². The van der Waals surface area contributed by atoms with Gasteiger partial charge in [0.25, 0.3) is 0 Å². The highest BCUT2D eigenvalue weighted by Crippen LogP contribution is 2.22. The lowest BCUT2D eigenvalue weighted by atomic mass is 10.0. The van der Waals surface area contributed by atoms with Gasteiger partial charge in [-0.3, -0.25) is 0 Å². The van der Waals surface area contributed by atoms with E-state index < -0.39 is 0 Å². The molecule has 0 radical (unpaired) electrons. The number of rotatable bonds is 6. The second-order valence-electron chi connectivity index (χ2n) is 4.28. The highest BCUT2D eigenvalue weighted by atomic mass is 16.5. The molecule has 0 aromatic heterocycles. The standard InChI is InChI=1S/C16H18O3/c1-18-16-9-5-6-13(10-16)14(11-17)12-19-15-7-3-2-4-8-15/h2-10,14,17H,11-12H2,1H3. The number of ether oxygens (including phenoxy) is 2. The van der Waals surface area contributed by atoms with Crippen LogP contribution in [-0.4, -0.2) is 25.4 Å². The summed E-state index contributed by atoms with van der Waals surface area (Å²) in [6.07, 6.45) is 0. The van der Waals surface area contributed by atoms with Gasteiger partial charge < -0.3 is 14.6 Å². The zero-order valence-electron chi connectivity index (χ0n) is 11.0. The van der Waals surface area contributed by atoms with E-state index in [1.807, 2.05) is 54.6 Å². The minimum absolute atomic E-state index is 0.0417. The molecule has 2 aromatic carbocycles. The fraction of sp³-hybridized carbons (Fsp3) is 0.250. The number of aliphatic hydroxyl groups is 1. The Morgan fingerprint density at radius 1 is 1.00 bits per heavy atom. The zero-order valence-corrected chi connectivity index (χ0v) is 11.0. The third-order valence-electron chi connectivity index (χ3n) is 2.98. The summed E-state index contributed by atoms with van der Waals surface area (Å²) in [6, 6.07) is 17.3.